The van der Waals surface area contributed by atoms with Crippen LogP contribution in [0.15, 0.2) is 0 Å². The summed E-state index contributed by atoms with van der Waals surface area (Å²) in [6.07, 6.45) is -0.583. The summed E-state index contributed by atoms with van der Waals surface area (Å²) < 4.78 is 0. The number of hydrogen-bond acceptors (Lipinski definition) is 3. The van der Waals surface area contributed by atoms with Gasteiger partial charge in [0.25, 0.3) is 0 Å². The van der Waals surface area contributed by atoms with Gasteiger partial charge < -0.3 is 10.8 Å². The summed E-state index contributed by atoms with van der Waals surface area (Å²) in [7, 11) is 0. The van der Waals surface area contributed by atoms with Crippen molar-refractivity contribution in [2.24, 2.45) is 5.73 Å². The van der Waals surface area contributed by atoms with Crippen LogP contribution in [0, 0.1) is 5.41 Å². The standard InChI is InChI=1S/CH3NO2.CHNO/c2-1(3)4;2-1-3/h2H2,(H,3,4);2H. The Morgan fingerprint density at radius 1 is 1.86 bits per heavy atom. The fourth-order valence-electron chi connectivity index (χ4n) is 0. The number of carbonyl (C=O) groups is 1. The molecule has 0 radical (unpaired) electrons. The maximum atomic E-state index is 8.78. The highest BCUT2D eigenvalue weighted by atomic mass is 16.4. The minimum absolute atomic E-state index is 0.750. The lowest BCUT2D eigenvalue weighted by Gasteiger charge is -1.61. The molecule has 0 saturated carbocycles. The van der Waals surface area contributed by atoms with Gasteiger partial charge >= 0.3 is 6.09 Å². The van der Waals surface area contributed by atoms with Crippen molar-refractivity contribution in [2.45, 2.75) is 0 Å². The monoisotopic (exact) mass is 104 g/mol. The Hall–Kier alpha value is -1.35. The highest BCUT2D eigenvalue weighted by Gasteiger charge is 1.65. The first-order chi connectivity index (χ1) is 3.15. The number of hydrogen-bond donors (Lipinski definition) is 3. The van der Waals surface area contributed by atoms with Gasteiger partial charge in [-0.15, -0.1) is 0 Å². The third kappa shape index (κ3) is 17.9. The molecule has 0 rings (SSSR count). The van der Waals surface area contributed by atoms with Crippen LogP contribution in [0.2, 0.25) is 0 Å². The van der Waals surface area contributed by atoms with Crippen LogP contribution in [-0.2, 0) is 4.79 Å². The molecule has 7 heavy (non-hydrogen) atoms. The molecule has 0 aliphatic heterocycles. The van der Waals surface area contributed by atoms with Crippen LogP contribution < -0.4 is 5.73 Å². The third-order valence-corrected chi connectivity index (χ3v) is 0. The number of primary amides is 1. The molecule has 0 saturated heterocycles. The molecule has 0 aromatic heterocycles. The zero-order valence-corrected chi connectivity index (χ0v) is 3.34. The number of amides is 1. The first kappa shape index (κ1) is 9.17. The van der Waals surface area contributed by atoms with Gasteiger partial charge in [-0.05, 0) is 0 Å². The van der Waals surface area contributed by atoms with Crippen molar-refractivity contribution in [3.8, 4) is 0 Å². The van der Waals surface area contributed by atoms with E-state index in [0.717, 1.165) is 6.08 Å². The fraction of sp³-hybridized carbons (Fsp3) is 0. The van der Waals surface area contributed by atoms with Gasteiger partial charge in [0.05, 0.1) is 0 Å². The van der Waals surface area contributed by atoms with Gasteiger partial charge in [0.2, 0.25) is 6.08 Å². The van der Waals surface area contributed by atoms with E-state index in [9.17, 15) is 0 Å². The molecule has 0 bridgehead atoms. The average molecular weight is 104 g/mol. The Balaban J connectivity index is 0. The number of carbonyl (C=O) groups excluding carboxylic acids is 1. The molecule has 0 aromatic rings. The van der Waals surface area contributed by atoms with Crippen molar-refractivity contribution in [1.82, 2.24) is 0 Å². The molecule has 0 aliphatic carbocycles. The van der Waals surface area contributed by atoms with Gasteiger partial charge in [-0.3, -0.25) is 0 Å². The number of carboxylic acid groups (broad SMARTS) is 1. The molecular weight excluding hydrogens is 100 g/mol. The Bertz CT molecular complexity index is 78.9. The number of nitrogens with one attached hydrogen (secondary N) is 1. The lowest BCUT2D eigenvalue weighted by molar-refractivity contribution is 0.205. The molecular formula is C2H4N2O3. The van der Waals surface area contributed by atoms with Gasteiger partial charge in [0, 0.05) is 0 Å². The van der Waals surface area contributed by atoms with Gasteiger partial charge in [-0.1, -0.05) is 0 Å². The smallest absolute Gasteiger partial charge is 0.402 e. The molecule has 0 spiro atoms. The maximum Gasteiger partial charge on any atom is 0.402 e. The van der Waals surface area contributed by atoms with E-state index in [0.29, 0.717) is 0 Å². The summed E-state index contributed by atoms with van der Waals surface area (Å²) in [5.74, 6) is 0. The third-order valence-electron chi connectivity index (χ3n) is 0. The first-order valence-electron chi connectivity index (χ1n) is 1.17. The van der Waals surface area contributed by atoms with Crippen molar-refractivity contribution >= 4 is 12.2 Å². The summed E-state index contributed by atoms with van der Waals surface area (Å²) in [5.41, 5.74) is 4.03. The van der Waals surface area contributed by atoms with Crippen LogP contribution in [0.1, 0.15) is 0 Å². The lowest BCUT2D eigenvalue weighted by atomic mass is 11.3. The van der Waals surface area contributed by atoms with Crippen molar-refractivity contribution in [2.75, 3.05) is 0 Å². The zero-order chi connectivity index (χ0) is 6.28. The minimum atomic E-state index is -1.33. The van der Waals surface area contributed by atoms with Gasteiger partial charge in [0.1, 0.15) is 0 Å². The Labute approximate surface area is 39.3 Å². The number of rotatable bonds is 0. The second-order valence-corrected chi connectivity index (χ2v) is 0.440. The Morgan fingerprint density at radius 2 is 1.86 bits per heavy atom. The molecule has 0 heterocycles. The van der Waals surface area contributed by atoms with E-state index < -0.39 is 6.09 Å². The Morgan fingerprint density at radius 3 is 1.86 bits per heavy atom. The fourth-order valence-corrected chi connectivity index (χ4v) is 0. The lowest BCUT2D eigenvalue weighted by Crippen LogP contribution is -2.03. The predicted octanol–water partition coefficient (Wildman–Crippen LogP) is -0.476. The highest BCUT2D eigenvalue weighted by molar-refractivity contribution is 5.61. The average Bonchev–Trinajstić information content (AvgIpc) is 1.33. The summed E-state index contributed by atoms with van der Waals surface area (Å²) in [6.45, 7) is 0. The van der Waals surface area contributed by atoms with Gasteiger partial charge in [-0.2, -0.15) is 0 Å². The zero-order valence-electron chi connectivity index (χ0n) is 3.34. The van der Waals surface area contributed by atoms with Crippen LogP contribution in [0.3, 0.4) is 0 Å². The topological polar surface area (TPSA) is 104 Å². The quantitative estimate of drug-likeness (QED) is 0.285. The summed E-state index contributed by atoms with van der Waals surface area (Å²) in [4.78, 5) is 17.1. The Kier molecular flexibility index (Phi) is 11.6. The second-order valence-electron chi connectivity index (χ2n) is 0.440. The first-order valence-corrected chi connectivity index (χ1v) is 1.17. The minimum Gasteiger partial charge on any atom is -0.465 e. The SMILES string of the molecule is N=C=O.NC(=O)O. The van der Waals surface area contributed by atoms with E-state index in [-0.39, 0.29) is 0 Å². The van der Waals surface area contributed by atoms with Crippen molar-refractivity contribution < 1.29 is 14.7 Å². The van der Waals surface area contributed by atoms with Crippen molar-refractivity contribution in [3.05, 3.63) is 0 Å². The molecule has 0 aliphatic rings. The van der Waals surface area contributed by atoms with E-state index in [2.05, 4.69) is 5.73 Å². The van der Waals surface area contributed by atoms with E-state index in [1.54, 1.807) is 0 Å². The molecule has 0 aromatic carbocycles. The highest BCUT2D eigenvalue weighted by Crippen LogP contribution is 1.34. The normalized spacial score (nSPS) is 4.57. The van der Waals surface area contributed by atoms with E-state index >= 15 is 0 Å². The van der Waals surface area contributed by atoms with Gasteiger partial charge in [-0.25, -0.2) is 15.0 Å². The van der Waals surface area contributed by atoms with E-state index in [4.69, 9.17) is 20.1 Å². The van der Waals surface area contributed by atoms with Crippen molar-refractivity contribution in [1.29, 1.82) is 5.41 Å². The largest absolute Gasteiger partial charge is 0.465 e. The molecule has 5 heteroatoms. The molecule has 1 amide bonds. The van der Waals surface area contributed by atoms with Gasteiger partial charge in [0.15, 0.2) is 0 Å². The molecule has 4 N–H and O–H groups in total. The summed E-state index contributed by atoms with van der Waals surface area (Å²) >= 11 is 0. The molecule has 0 fully saturated rings. The number of nitrogens with two attached hydrogens (primary N) is 1. The molecule has 0 unspecified atom stereocenters. The summed E-state index contributed by atoms with van der Waals surface area (Å²) in [5, 5.41) is 12.6. The second kappa shape index (κ2) is 8.82. The van der Waals surface area contributed by atoms with Crippen LogP contribution in [0.25, 0.3) is 0 Å². The number of isocyanates is 1. The van der Waals surface area contributed by atoms with E-state index in [1.165, 1.54) is 0 Å². The van der Waals surface area contributed by atoms with Crippen LogP contribution in [0.5, 0.6) is 0 Å². The van der Waals surface area contributed by atoms with Crippen LogP contribution >= 0.6 is 0 Å². The van der Waals surface area contributed by atoms with Crippen LogP contribution in [0.4, 0.5) is 4.79 Å². The molecule has 40 valence electrons. The molecule has 0 atom stereocenters. The molecule has 5 nitrogen and oxygen atoms in total. The maximum absolute atomic E-state index is 8.78. The van der Waals surface area contributed by atoms with Crippen LogP contribution in [-0.4, -0.2) is 17.3 Å². The van der Waals surface area contributed by atoms with E-state index in [1.807, 2.05) is 0 Å². The summed E-state index contributed by atoms with van der Waals surface area (Å²) in [6, 6.07) is 0. The van der Waals surface area contributed by atoms with Crippen molar-refractivity contribution in [3.63, 3.8) is 0 Å². The predicted molar refractivity (Wildman–Crippen MR) is 20.6 cm³/mol.